The lowest BCUT2D eigenvalue weighted by atomic mass is 9.86. The van der Waals surface area contributed by atoms with Gasteiger partial charge in [-0.2, -0.15) is 0 Å². The highest BCUT2D eigenvalue weighted by Crippen LogP contribution is 2.34. The standard InChI is InChI=1S/C17H22BrN/c1-11(2)8-13-10-15-14(6-5-7-16(15)18)17(19-13)9-12(3)4/h5-7,13,17,19H,1,3,8-10H2,2,4H3/t13-,17-/m0/s1. The van der Waals surface area contributed by atoms with Crippen LogP contribution in [0.15, 0.2) is 47.0 Å². The zero-order chi connectivity index (χ0) is 14.0. The lowest BCUT2D eigenvalue weighted by molar-refractivity contribution is 0.396. The van der Waals surface area contributed by atoms with Crippen molar-refractivity contribution >= 4 is 15.9 Å². The highest BCUT2D eigenvalue weighted by molar-refractivity contribution is 9.10. The van der Waals surface area contributed by atoms with Crippen LogP contribution in [0.3, 0.4) is 0 Å². The van der Waals surface area contributed by atoms with Crippen LogP contribution in [0.1, 0.15) is 43.9 Å². The molecular weight excluding hydrogens is 298 g/mol. The molecule has 2 rings (SSSR count). The molecule has 102 valence electrons. The van der Waals surface area contributed by atoms with Crippen molar-refractivity contribution in [3.05, 3.63) is 58.1 Å². The Morgan fingerprint density at radius 1 is 1.26 bits per heavy atom. The van der Waals surface area contributed by atoms with Gasteiger partial charge in [-0.25, -0.2) is 0 Å². The summed E-state index contributed by atoms with van der Waals surface area (Å²) in [6.45, 7) is 12.3. The van der Waals surface area contributed by atoms with Gasteiger partial charge in [-0.05, 0) is 50.3 Å². The first kappa shape index (κ1) is 14.5. The quantitative estimate of drug-likeness (QED) is 0.775. The van der Waals surface area contributed by atoms with Gasteiger partial charge in [0.1, 0.15) is 0 Å². The molecule has 0 saturated carbocycles. The molecule has 0 aromatic heterocycles. The van der Waals surface area contributed by atoms with Gasteiger partial charge in [0, 0.05) is 16.6 Å². The number of benzene rings is 1. The van der Waals surface area contributed by atoms with Crippen molar-refractivity contribution in [3.8, 4) is 0 Å². The number of fused-ring (bicyclic) bond motifs is 1. The molecule has 0 aliphatic carbocycles. The van der Waals surface area contributed by atoms with Crippen LogP contribution in [-0.2, 0) is 6.42 Å². The van der Waals surface area contributed by atoms with Gasteiger partial charge in [0.2, 0.25) is 0 Å². The van der Waals surface area contributed by atoms with Gasteiger partial charge in [0.15, 0.2) is 0 Å². The van der Waals surface area contributed by atoms with Crippen LogP contribution in [0.5, 0.6) is 0 Å². The molecule has 0 spiro atoms. The van der Waals surface area contributed by atoms with E-state index in [4.69, 9.17) is 0 Å². The van der Waals surface area contributed by atoms with Crippen molar-refractivity contribution in [2.45, 2.75) is 45.2 Å². The van der Waals surface area contributed by atoms with E-state index in [-0.39, 0.29) is 0 Å². The third-order valence-electron chi connectivity index (χ3n) is 3.57. The van der Waals surface area contributed by atoms with Gasteiger partial charge >= 0.3 is 0 Å². The first-order valence-electron chi connectivity index (χ1n) is 6.79. The number of hydrogen-bond acceptors (Lipinski definition) is 1. The van der Waals surface area contributed by atoms with Crippen LogP contribution in [0.2, 0.25) is 0 Å². The van der Waals surface area contributed by atoms with E-state index in [9.17, 15) is 0 Å². The lowest BCUT2D eigenvalue weighted by Crippen LogP contribution is -2.39. The summed E-state index contributed by atoms with van der Waals surface area (Å²) in [5, 5.41) is 3.76. The first-order chi connectivity index (χ1) is 8.97. The Hall–Kier alpha value is -0.860. The van der Waals surface area contributed by atoms with Gasteiger partial charge in [0.05, 0.1) is 0 Å². The predicted octanol–water partition coefficient (Wildman–Crippen LogP) is 4.94. The van der Waals surface area contributed by atoms with E-state index in [2.05, 4.69) is 66.5 Å². The fourth-order valence-electron chi connectivity index (χ4n) is 2.87. The van der Waals surface area contributed by atoms with E-state index in [0.29, 0.717) is 12.1 Å². The minimum atomic E-state index is 0.378. The largest absolute Gasteiger partial charge is 0.306 e. The van der Waals surface area contributed by atoms with Crippen molar-refractivity contribution in [1.29, 1.82) is 0 Å². The third-order valence-corrected chi connectivity index (χ3v) is 4.31. The summed E-state index contributed by atoms with van der Waals surface area (Å²) < 4.78 is 1.23. The van der Waals surface area contributed by atoms with Crippen molar-refractivity contribution in [3.63, 3.8) is 0 Å². The van der Waals surface area contributed by atoms with Crippen LogP contribution in [-0.4, -0.2) is 6.04 Å². The molecule has 0 radical (unpaired) electrons. The van der Waals surface area contributed by atoms with Crippen molar-refractivity contribution in [2.24, 2.45) is 0 Å². The molecule has 1 heterocycles. The molecule has 1 aliphatic rings. The average Bonchev–Trinajstić information content (AvgIpc) is 2.29. The van der Waals surface area contributed by atoms with Gasteiger partial charge < -0.3 is 5.32 Å². The molecule has 1 nitrogen and oxygen atoms in total. The number of hydrogen-bond donors (Lipinski definition) is 1. The summed E-state index contributed by atoms with van der Waals surface area (Å²) in [4.78, 5) is 0. The second kappa shape index (κ2) is 6.06. The second-order valence-corrected chi connectivity index (χ2v) is 6.60. The van der Waals surface area contributed by atoms with Crippen molar-refractivity contribution in [2.75, 3.05) is 0 Å². The van der Waals surface area contributed by atoms with Gasteiger partial charge in [0.25, 0.3) is 0 Å². The lowest BCUT2D eigenvalue weighted by Gasteiger charge is -2.34. The van der Waals surface area contributed by atoms with Crippen LogP contribution in [0.25, 0.3) is 0 Å². The van der Waals surface area contributed by atoms with Gasteiger partial charge in [-0.1, -0.05) is 39.2 Å². The maximum atomic E-state index is 4.06. The molecule has 1 aliphatic heterocycles. The smallest absolute Gasteiger partial charge is 0.0363 e. The highest BCUT2D eigenvalue weighted by Gasteiger charge is 2.27. The molecule has 19 heavy (non-hydrogen) atoms. The highest BCUT2D eigenvalue weighted by atomic mass is 79.9. The Morgan fingerprint density at radius 3 is 2.58 bits per heavy atom. The third kappa shape index (κ3) is 3.58. The Morgan fingerprint density at radius 2 is 1.95 bits per heavy atom. The number of rotatable bonds is 4. The summed E-state index contributed by atoms with van der Waals surface area (Å²) in [5.74, 6) is 0. The van der Waals surface area contributed by atoms with E-state index in [1.54, 1.807) is 0 Å². The molecule has 2 atom stereocenters. The molecule has 0 unspecified atom stereocenters. The van der Waals surface area contributed by atoms with Crippen LogP contribution < -0.4 is 5.32 Å². The van der Waals surface area contributed by atoms with Crippen LogP contribution in [0, 0.1) is 0 Å². The predicted molar refractivity (Wildman–Crippen MR) is 86.4 cm³/mol. The molecular formula is C17H22BrN. The first-order valence-corrected chi connectivity index (χ1v) is 7.58. The van der Waals surface area contributed by atoms with E-state index in [1.807, 2.05) is 0 Å². The SMILES string of the molecule is C=C(C)C[C@H]1Cc2c(Br)cccc2[C@H](CC(=C)C)N1. The summed E-state index contributed by atoms with van der Waals surface area (Å²) in [6.07, 6.45) is 3.10. The summed E-state index contributed by atoms with van der Waals surface area (Å²) >= 11 is 3.70. The summed E-state index contributed by atoms with van der Waals surface area (Å²) in [6, 6.07) is 7.35. The molecule has 1 aromatic rings. The molecule has 1 aromatic carbocycles. The molecule has 0 amide bonds. The van der Waals surface area contributed by atoms with E-state index in [0.717, 1.165) is 19.3 Å². The Bertz CT molecular complexity index is 504. The fraction of sp³-hybridized carbons (Fsp3) is 0.412. The normalized spacial score (nSPS) is 21.8. The molecule has 0 fully saturated rings. The van der Waals surface area contributed by atoms with Crippen LogP contribution >= 0.6 is 15.9 Å². The zero-order valence-electron chi connectivity index (χ0n) is 11.8. The van der Waals surface area contributed by atoms with Crippen molar-refractivity contribution < 1.29 is 0 Å². The van der Waals surface area contributed by atoms with E-state index in [1.165, 1.54) is 26.7 Å². The van der Waals surface area contributed by atoms with Crippen LogP contribution in [0.4, 0.5) is 0 Å². The number of nitrogens with one attached hydrogen (secondary N) is 1. The molecule has 0 bridgehead atoms. The fourth-order valence-corrected chi connectivity index (χ4v) is 3.41. The second-order valence-electron chi connectivity index (χ2n) is 5.75. The Labute approximate surface area is 124 Å². The summed E-state index contributed by atoms with van der Waals surface area (Å²) in [7, 11) is 0. The average molecular weight is 320 g/mol. The van der Waals surface area contributed by atoms with Crippen molar-refractivity contribution in [1.82, 2.24) is 5.32 Å². The minimum absolute atomic E-state index is 0.378. The zero-order valence-corrected chi connectivity index (χ0v) is 13.4. The molecule has 2 heteroatoms. The molecule has 0 saturated heterocycles. The van der Waals surface area contributed by atoms with Gasteiger partial charge in [-0.15, -0.1) is 13.2 Å². The number of halogens is 1. The maximum absolute atomic E-state index is 4.06. The topological polar surface area (TPSA) is 12.0 Å². The van der Waals surface area contributed by atoms with E-state index >= 15 is 0 Å². The monoisotopic (exact) mass is 319 g/mol. The maximum Gasteiger partial charge on any atom is 0.0363 e. The van der Waals surface area contributed by atoms with Gasteiger partial charge in [-0.3, -0.25) is 0 Å². The molecule has 1 N–H and O–H groups in total. The summed E-state index contributed by atoms with van der Waals surface area (Å²) in [5.41, 5.74) is 5.32. The Balaban J connectivity index is 2.31. The minimum Gasteiger partial charge on any atom is -0.306 e. The van der Waals surface area contributed by atoms with E-state index < -0.39 is 0 Å². The Kier molecular flexibility index (Phi) is 4.64.